The van der Waals surface area contributed by atoms with Crippen LogP contribution < -0.4 is 0 Å². The zero-order valence-corrected chi connectivity index (χ0v) is 12.7. The summed E-state index contributed by atoms with van der Waals surface area (Å²) in [6.45, 7) is 6.79. The minimum atomic E-state index is -0.551. The zero-order chi connectivity index (χ0) is 15.5. The van der Waals surface area contributed by atoms with Gasteiger partial charge in [0.15, 0.2) is 0 Å². The molecule has 1 fully saturated rings. The summed E-state index contributed by atoms with van der Waals surface area (Å²) in [4.78, 5) is 25.2. The van der Waals surface area contributed by atoms with E-state index in [1.165, 1.54) is 0 Å². The van der Waals surface area contributed by atoms with Gasteiger partial charge in [0.25, 0.3) is 0 Å². The van der Waals surface area contributed by atoms with Crippen LogP contribution in [0.5, 0.6) is 0 Å². The van der Waals surface area contributed by atoms with Crippen molar-refractivity contribution >= 4 is 12.4 Å². The molecule has 1 heterocycles. The van der Waals surface area contributed by atoms with Crippen molar-refractivity contribution in [1.82, 2.24) is 4.90 Å². The van der Waals surface area contributed by atoms with Crippen molar-refractivity contribution in [1.29, 1.82) is 0 Å². The standard InChI is InChI=1S/C16H21NO4/c1-16(2,3)21-15(19)17-8-9-20-11-14(17)13-7-5-4-6-12(13)10-18/h4-7,10,14H,8-9,11H2,1-3H3/t14-/m0/s1. The van der Waals surface area contributed by atoms with Crippen LogP contribution in [0.25, 0.3) is 0 Å². The maximum Gasteiger partial charge on any atom is 0.410 e. The first kappa shape index (κ1) is 15.5. The van der Waals surface area contributed by atoms with Gasteiger partial charge in [-0.1, -0.05) is 24.3 Å². The van der Waals surface area contributed by atoms with Crippen molar-refractivity contribution in [3.8, 4) is 0 Å². The molecule has 0 aliphatic carbocycles. The molecule has 1 aliphatic rings. The number of hydrogen-bond acceptors (Lipinski definition) is 4. The maximum absolute atomic E-state index is 12.4. The van der Waals surface area contributed by atoms with Gasteiger partial charge in [0.1, 0.15) is 11.9 Å². The number of hydrogen-bond donors (Lipinski definition) is 0. The van der Waals surface area contributed by atoms with Gasteiger partial charge in [-0.25, -0.2) is 4.79 Å². The lowest BCUT2D eigenvalue weighted by Gasteiger charge is -2.37. The van der Waals surface area contributed by atoms with Crippen molar-refractivity contribution in [2.24, 2.45) is 0 Å². The average Bonchev–Trinajstić information content (AvgIpc) is 2.45. The fraction of sp³-hybridized carbons (Fsp3) is 0.500. The van der Waals surface area contributed by atoms with Crippen molar-refractivity contribution < 1.29 is 19.1 Å². The van der Waals surface area contributed by atoms with Gasteiger partial charge in [-0.3, -0.25) is 9.69 Å². The van der Waals surface area contributed by atoms with Gasteiger partial charge in [-0.15, -0.1) is 0 Å². The number of aldehydes is 1. The van der Waals surface area contributed by atoms with Gasteiger partial charge in [-0.2, -0.15) is 0 Å². The molecule has 1 aromatic carbocycles. The van der Waals surface area contributed by atoms with E-state index in [0.29, 0.717) is 25.3 Å². The first-order valence-electron chi connectivity index (χ1n) is 7.04. The van der Waals surface area contributed by atoms with Crippen LogP contribution in [0.1, 0.15) is 42.7 Å². The topological polar surface area (TPSA) is 55.8 Å². The summed E-state index contributed by atoms with van der Waals surface area (Å²) in [6.07, 6.45) is 0.425. The number of morpholine rings is 1. The number of amides is 1. The first-order chi connectivity index (χ1) is 9.92. The smallest absolute Gasteiger partial charge is 0.410 e. The molecular weight excluding hydrogens is 270 g/mol. The van der Waals surface area contributed by atoms with Crippen molar-refractivity contribution in [2.75, 3.05) is 19.8 Å². The molecule has 1 atom stereocenters. The summed E-state index contributed by atoms with van der Waals surface area (Å²) in [6, 6.07) is 6.94. The summed E-state index contributed by atoms with van der Waals surface area (Å²) >= 11 is 0. The minimum Gasteiger partial charge on any atom is -0.444 e. The Morgan fingerprint density at radius 3 is 2.76 bits per heavy atom. The van der Waals surface area contributed by atoms with E-state index in [4.69, 9.17) is 9.47 Å². The molecule has 0 spiro atoms. The fourth-order valence-electron chi connectivity index (χ4n) is 2.32. The SMILES string of the molecule is CC(C)(C)OC(=O)N1CCOC[C@H]1c1ccccc1C=O. The lowest BCUT2D eigenvalue weighted by molar-refractivity contribution is -0.0332. The highest BCUT2D eigenvalue weighted by Crippen LogP contribution is 2.28. The molecule has 0 unspecified atom stereocenters. The normalized spacial score (nSPS) is 19.2. The molecule has 0 bridgehead atoms. The highest BCUT2D eigenvalue weighted by atomic mass is 16.6. The molecule has 1 aliphatic heterocycles. The second-order valence-electron chi connectivity index (χ2n) is 6.01. The molecule has 0 saturated carbocycles. The van der Waals surface area contributed by atoms with Crippen LogP contribution in [0.4, 0.5) is 4.79 Å². The van der Waals surface area contributed by atoms with E-state index in [1.54, 1.807) is 17.0 Å². The monoisotopic (exact) mass is 291 g/mol. The molecule has 0 radical (unpaired) electrons. The molecule has 2 rings (SSSR count). The molecule has 0 aromatic heterocycles. The molecule has 5 heteroatoms. The Labute approximate surface area is 124 Å². The van der Waals surface area contributed by atoms with Gasteiger partial charge in [-0.05, 0) is 26.3 Å². The highest BCUT2D eigenvalue weighted by Gasteiger charge is 2.32. The van der Waals surface area contributed by atoms with E-state index in [2.05, 4.69) is 0 Å². The van der Waals surface area contributed by atoms with Gasteiger partial charge in [0.2, 0.25) is 0 Å². The summed E-state index contributed by atoms with van der Waals surface area (Å²) in [7, 11) is 0. The van der Waals surface area contributed by atoms with Crippen LogP contribution in [0.3, 0.4) is 0 Å². The molecule has 5 nitrogen and oxygen atoms in total. The Morgan fingerprint density at radius 1 is 1.38 bits per heavy atom. The van der Waals surface area contributed by atoms with Crippen LogP contribution in [0.15, 0.2) is 24.3 Å². The summed E-state index contributed by atoms with van der Waals surface area (Å²) in [5, 5.41) is 0. The van der Waals surface area contributed by atoms with E-state index in [0.717, 1.165) is 11.8 Å². The Balaban J connectivity index is 2.27. The van der Waals surface area contributed by atoms with E-state index >= 15 is 0 Å². The number of benzene rings is 1. The zero-order valence-electron chi connectivity index (χ0n) is 12.7. The van der Waals surface area contributed by atoms with E-state index in [1.807, 2.05) is 32.9 Å². The van der Waals surface area contributed by atoms with Crippen LogP contribution in [-0.2, 0) is 9.47 Å². The van der Waals surface area contributed by atoms with Gasteiger partial charge in [0, 0.05) is 12.1 Å². The lowest BCUT2D eigenvalue weighted by Crippen LogP contribution is -2.46. The van der Waals surface area contributed by atoms with E-state index < -0.39 is 5.60 Å². The number of carbonyl (C=O) groups is 2. The van der Waals surface area contributed by atoms with E-state index in [9.17, 15) is 9.59 Å². The summed E-state index contributed by atoms with van der Waals surface area (Å²) < 4.78 is 10.9. The third-order valence-corrected chi connectivity index (χ3v) is 3.24. The molecule has 21 heavy (non-hydrogen) atoms. The van der Waals surface area contributed by atoms with Gasteiger partial charge >= 0.3 is 6.09 Å². The van der Waals surface area contributed by atoms with Crippen molar-refractivity contribution in [2.45, 2.75) is 32.4 Å². The van der Waals surface area contributed by atoms with Crippen LogP contribution >= 0.6 is 0 Å². The molecule has 1 saturated heterocycles. The lowest BCUT2D eigenvalue weighted by atomic mass is 10.00. The van der Waals surface area contributed by atoms with Crippen LogP contribution in [0, 0.1) is 0 Å². The second kappa shape index (κ2) is 6.26. The fourth-order valence-corrected chi connectivity index (χ4v) is 2.32. The van der Waals surface area contributed by atoms with Gasteiger partial charge in [0.05, 0.1) is 19.3 Å². The van der Waals surface area contributed by atoms with Gasteiger partial charge < -0.3 is 9.47 Å². The Bertz CT molecular complexity index is 521. The number of ether oxygens (including phenoxy) is 2. The summed E-state index contributed by atoms with van der Waals surface area (Å²) in [5.41, 5.74) is 0.809. The number of rotatable bonds is 2. The Kier molecular flexibility index (Phi) is 4.63. The third kappa shape index (κ3) is 3.82. The molecule has 0 N–H and O–H groups in total. The van der Waals surface area contributed by atoms with E-state index in [-0.39, 0.29) is 12.1 Å². The van der Waals surface area contributed by atoms with Crippen molar-refractivity contribution in [3.05, 3.63) is 35.4 Å². The van der Waals surface area contributed by atoms with Crippen LogP contribution in [0.2, 0.25) is 0 Å². The first-order valence-corrected chi connectivity index (χ1v) is 7.04. The predicted octanol–water partition coefficient (Wildman–Crippen LogP) is 2.81. The maximum atomic E-state index is 12.4. The molecule has 1 aromatic rings. The number of carbonyl (C=O) groups excluding carboxylic acids is 2. The van der Waals surface area contributed by atoms with Crippen LogP contribution in [-0.4, -0.2) is 42.6 Å². The largest absolute Gasteiger partial charge is 0.444 e. The van der Waals surface area contributed by atoms with Crippen molar-refractivity contribution in [3.63, 3.8) is 0 Å². The molecule has 1 amide bonds. The summed E-state index contributed by atoms with van der Waals surface area (Å²) in [5.74, 6) is 0. The third-order valence-electron chi connectivity index (χ3n) is 3.24. The Morgan fingerprint density at radius 2 is 2.10 bits per heavy atom. The molecular formula is C16H21NO4. The Hall–Kier alpha value is -1.88. The minimum absolute atomic E-state index is 0.296. The second-order valence-corrected chi connectivity index (χ2v) is 6.01. The quantitative estimate of drug-likeness (QED) is 0.786. The predicted molar refractivity (Wildman–Crippen MR) is 78.3 cm³/mol. The molecule has 114 valence electrons. The highest BCUT2D eigenvalue weighted by molar-refractivity contribution is 5.78. The number of nitrogens with zero attached hydrogens (tertiary/aromatic N) is 1. The average molecular weight is 291 g/mol.